The van der Waals surface area contributed by atoms with Gasteiger partial charge in [-0.15, -0.1) is 0 Å². The Kier molecular flexibility index (Phi) is 6.13. The molecule has 9 heteroatoms. The molecule has 3 heterocycles. The first-order valence-corrected chi connectivity index (χ1v) is 9.50. The molecule has 2 aliphatic rings. The second kappa shape index (κ2) is 8.55. The van der Waals surface area contributed by atoms with Crippen molar-refractivity contribution in [2.75, 3.05) is 31.1 Å². The molecule has 0 radical (unpaired) electrons. The molecule has 1 aromatic heterocycles. The van der Waals surface area contributed by atoms with Gasteiger partial charge in [-0.2, -0.15) is 0 Å². The smallest absolute Gasteiger partial charge is 0.336 e. The zero-order valence-electron chi connectivity index (χ0n) is 16.1. The summed E-state index contributed by atoms with van der Waals surface area (Å²) in [5, 5.41) is 11.6. The summed E-state index contributed by atoms with van der Waals surface area (Å²) < 4.78 is 4.88. The number of piperazine rings is 1. The molecule has 152 valence electrons. The number of carbonyl (C=O) groups is 3. The SMILES string of the molecule is CC(C)C[C@H](NC(=O)[C@@H]1O[C@H]1C(=O)O)C(=O)N1CCN(c2ccccn2)CC1. The van der Waals surface area contributed by atoms with Crippen molar-refractivity contribution >= 4 is 23.6 Å². The van der Waals surface area contributed by atoms with E-state index in [-0.39, 0.29) is 11.8 Å². The summed E-state index contributed by atoms with van der Waals surface area (Å²) >= 11 is 0. The van der Waals surface area contributed by atoms with E-state index in [1.165, 1.54) is 0 Å². The minimum atomic E-state index is -1.17. The van der Waals surface area contributed by atoms with Crippen LogP contribution in [-0.2, 0) is 19.1 Å². The summed E-state index contributed by atoms with van der Waals surface area (Å²) in [7, 11) is 0. The number of hydrogen-bond acceptors (Lipinski definition) is 6. The summed E-state index contributed by atoms with van der Waals surface area (Å²) in [5.74, 6) is -0.780. The Bertz CT molecular complexity index is 718. The predicted molar refractivity (Wildman–Crippen MR) is 101 cm³/mol. The molecular weight excluding hydrogens is 364 g/mol. The Morgan fingerprint density at radius 3 is 2.46 bits per heavy atom. The van der Waals surface area contributed by atoms with Crippen LogP contribution in [0.25, 0.3) is 0 Å². The molecule has 2 fully saturated rings. The fourth-order valence-corrected chi connectivity index (χ4v) is 3.36. The second-order valence-corrected chi connectivity index (χ2v) is 7.51. The van der Waals surface area contributed by atoms with Crippen LogP contribution in [0, 0.1) is 5.92 Å². The monoisotopic (exact) mass is 390 g/mol. The first kappa shape index (κ1) is 20.1. The molecule has 3 atom stereocenters. The molecule has 0 aliphatic carbocycles. The summed E-state index contributed by atoms with van der Waals surface area (Å²) in [4.78, 5) is 44.3. The van der Waals surface area contributed by atoms with E-state index in [1.54, 1.807) is 11.1 Å². The number of aliphatic carboxylic acids is 1. The second-order valence-electron chi connectivity index (χ2n) is 7.51. The van der Waals surface area contributed by atoms with Gasteiger partial charge in [0.05, 0.1) is 0 Å². The van der Waals surface area contributed by atoms with Gasteiger partial charge in [-0.3, -0.25) is 9.59 Å². The van der Waals surface area contributed by atoms with Crippen LogP contribution >= 0.6 is 0 Å². The molecule has 0 bridgehead atoms. The Balaban J connectivity index is 1.57. The number of carboxylic acid groups (broad SMARTS) is 1. The van der Waals surface area contributed by atoms with Crippen LogP contribution < -0.4 is 10.2 Å². The number of ether oxygens (including phenoxy) is 1. The molecule has 0 aromatic carbocycles. The molecule has 9 nitrogen and oxygen atoms in total. The van der Waals surface area contributed by atoms with Crippen LogP contribution in [0.4, 0.5) is 5.82 Å². The molecule has 2 N–H and O–H groups in total. The Hall–Kier alpha value is -2.68. The highest BCUT2D eigenvalue weighted by molar-refractivity contribution is 5.95. The van der Waals surface area contributed by atoms with Gasteiger partial charge in [-0.05, 0) is 24.5 Å². The summed E-state index contributed by atoms with van der Waals surface area (Å²) in [6, 6.07) is 5.04. The van der Waals surface area contributed by atoms with E-state index in [0.29, 0.717) is 32.6 Å². The van der Waals surface area contributed by atoms with Crippen LogP contribution in [0.15, 0.2) is 24.4 Å². The number of aromatic nitrogens is 1. The highest BCUT2D eigenvalue weighted by Gasteiger charge is 2.51. The van der Waals surface area contributed by atoms with E-state index in [1.807, 2.05) is 32.0 Å². The van der Waals surface area contributed by atoms with E-state index >= 15 is 0 Å². The van der Waals surface area contributed by atoms with Gasteiger partial charge in [-0.1, -0.05) is 19.9 Å². The number of nitrogens with zero attached hydrogens (tertiary/aromatic N) is 3. The summed E-state index contributed by atoms with van der Waals surface area (Å²) in [6.07, 6.45) is 0.0960. The van der Waals surface area contributed by atoms with Gasteiger partial charge in [-0.25, -0.2) is 9.78 Å². The number of rotatable bonds is 7. The molecule has 2 amide bonds. The van der Waals surface area contributed by atoms with Gasteiger partial charge in [0.2, 0.25) is 5.91 Å². The van der Waals surface area contributed by atoms with Crippen LogP contribution in [0.2, 0.25) is 0 Å². The van der Waals surface area contributed by atoms with Crippen molar-refractivity contribution in [1.82, 2.24) is 15.2 Å². The van der Waals surface area contributed by atoms with Gasteiger partial charge in [0.1, 0.15) is 11.9 Å². The van der Waals surface area contributed by atoms with Crippen molar-refractivity contribution in [2.24, 2.45) is 5.92 Å². The van der Waals surface area contributed by atoms with E-state index in [9.17, 15) is 14.4 Å². The minimum Gasteiger partial charge on any atom is -0.479 e. The normalized spacial score (nSPS) is 22.7. The minimum absolute atomic E-state index is 0.143. The van der Waals surface area contributed by atoms with Gasteiger partial charge in [0.25, 0.3) is 5.91 Å². The molecular formula is C19H26N4O5. The first-order chi connectivity index (χ1) is 13.4. The molecule has 2 aliphatic heterocycles. The van der Waals surface area contributed by atoms with Gasteiger partial charge in [0, 0.05) is 32.4 Å². The number of carboxylic acids is 1. The summed E-state index contributed by atoms with van der Waals surface area (Å²) in [6.45, 7) is 6.35. The molecule has 28 heavy (non-hydrogen) atoms. The molecule has 3 rings (SSSR count). The average molecular weight is 390 g/mol. The van der Waals surface area contributed by atoms with Crippen LogP contribution in [0.3, 0.4) is 0 Å². The highest BCUT2D eigenvalue weighted by Crippen LogP contribution is 2.23. The number of pyridine rings is 1. The van der Waals surface area contributed by atoms with Crippen molar-refractivity contribution in [3.8, 4) is 0 Å². The van der Waals surface area contributed by atoms with Gasteiger partial charge >= 0.3 is 5.97 Å². The maximum Gasteiger partial charge on any atom is 0.336 e. The van der Waals surface area contributed by atoms with E-state index in [4.69, 9.17) is 9.84 Å². The first-order valence-electron chi connectivity index (χ1n) is 9.50. The van der Waals surface area contributed by atoms with Crippen molar-refractivity contribution in [1.29, 1.82) is 0 Å². The number of epoxide rings is 1. The van der Waals surface area contributed by atoms with E-state index in [2.05, 4.69) is 15.2 Å². The lowest BCUT2D eigenvalue weighted by molar-refractivity contribution is -0.138. The average Bonchev–Trinajstić information content (AvgIpc) is 3.49. The molecule has 0 spiro atoms. The van der Waals surface area contributed by atoms with Crippen LogP contribution in [0.1, 0.15) is 20.3 Å². The number of nitrogens with one attached hydrogen (secondary N) is 1. The number of carbonyl (C=O) groups excluding carboxylic acids is 2. The summed E-state index contributed by atoms with van der Waals surface area (Å²) in [5.41, 5.74) is 0. The van der Waals surface area contributed by atoms with Gasteiger partial charge < -0.3 is 25.0 Å². The largest absolute Gasteiger partial charge is 0.479 e. The number of hydrogen-bond donors (Lipinski definition) is 2. The molecule has 0 unspecified atom stereocenters. The molecule has 1 aromatic rings. The van der Waals surface area contributed by atoms with Crippen molar-refractivity contribution in [3.05, 3.63) is 24.4 Å². The van der Waals surface area contributed by atoms with Gasteiger partial charge in [0.15, 0.2) is 12.2 Å². The number of amides is 2. The van der Waals surface area contributed by atoms with Crippen molar-refractivity contribution in [2.45, 2.75) is 38.5 Å². The maximum absolute atomic E-state index is 13.0. The lowest BCUT2D eigenvalue weighted by Gasteiger charge is -2.37. The predicted octanol–water partition coefficient (Wildman–Crippen LogP) is 0.113. The third kappa shape index (κ3) is 4.78. The fourth-order valence-electron chi connectivity index (χ4n) is 3.36. The maximum atomic E-state index is 13.0. The zero-order valence-corrected chi connectivity index (χ0v) is 16.1. The number of anilines is 1. The van der Waals surface area contributed by atoms with Crippen molar-refractivity contribution < 1.29 is 24.2 Å². The van der Waals surface area contributed by atoms with E-state index < -0.39 is 30.1 Å². The zero-order chi connectivity index (χ0) is 20.3. The van der Waals surface area contributed by atoms with E-state index in [0.717, 1.165) is 5.82 Å². The lowest BCUT2D eigenvalue weighted by Crippen LogP contribution is -2.56. The lowest BCUT2D eigenvalue weighted by atomic mass is 10.0. The topological polar surface area (TPSA) is 115 Å². The standard InChI is InChI=1S/C19H26N4O5/c1-12(2)11-13(21-17(24)15-16(28-15)19(26)27)18(25)23-9-7-22(8-10-23)14-5-3-4-6-20-14/h3-6,12-13,15-16H,7-11H2,1-2H3,(H,21,24)(H,26,27)/t13-,15+,16+/m0/s1. The Labute approximate surface area is 163 Å². The fraction of sp³-hybridized carbons (Fsp3) is 0.579. The highest BCUT2D eigenvalue weighted by atomic mass is 16.6. The van der Waals surface area contributed by atoms with Crippen LogP contribution in [-0.4, -0.2) is 77.2 Å². The van der Waals surface area contributed by atoms with Crippen molar-refractivity contribution in [3.63, 3.8) is 0 Å². The molecule has 0 saturated carbocycles. The molecule has 2 saturated heterocycles. The Morgan fingerprint density at radius 2 is 1.93 bits per heavy atom. The van der Waals surface area contributed by atoms with Crippen LogP contribution in [0.5, 0.6) is 0 Å². The quantitative estimate of drug-likeness (QED) is 0.635. The third-order valence-corrected chi connectivity index (χ3v) is 4.88. The third-order valence-electron chi connectivity index (χ3n) is 4.88. The Morgan fingerprint density at radius 1 is 1.21 bits per heavy atom.